The second-order valence-electron chi connectivity index (χ2n) is 7.42. The predicted molar refractivity (Wildman–Crippen MR) is 124 cm³/mol. The lowest BCUT2D eigenvalue weighted by Gasteiger charge is -2.41. The number of benzene rings is 2. The van der Waals surface area contributed by atoms with E-state index in [2.05, 4.69) is 27.1 Å². The van der Waals surface area contributed by atoms with E-state index in [1.54, 1.807) is 0 Å². The number of nitrogens with one attached hydrogen (secondary N) is 2. The van der Waals surface area contributed by atoms with E-state index in [0.29, 0.717) is 10.0 Å². The summed E-state index contributed by atoms with van der Waals surface area (Å²) in [6.07, 6.45) is 3.87. The van der Waals surface area contributed by atoms with Crippen molar-refractivity contribution in [3.8, 4) is 5.75 Å². The fraction of sp³-hybridized carbons (Fsp3) is 0.174. The smallest absolute Gasteiger partial charge is 0.135 e. The zero-order valence-electron chi connectivity index (χ0n) is 16.3. The molecule has 0 unspecified atom stereocenters. The Hall–Kier alpha value is -2.89. The Morgan fingerprint density at radius 2 is 1.90 bits per heavy atom. The first kappa shape index (κ1) is 19.1. The van der Waals surface area contributed by atoms with Crippen LogP contribution in [0.1, 0.15) is 5.56 Å². The molecule has 30 heavy (non-hydrogen) atoms. The molecule has 2 N–H and O–H groups in total. The molecular weight excluding hydrogens is 419 g/mol. The van der Waals surface area contributed by atoms with Gasteiger partial charge in [0.15, 0.2) is 0 Å². The van der Waals surface area contributed by atoms with Crippen LogP contribution < -0.4 is 15.0 Å². The molecule has 0 atom stereocenters. The van der Waals surface area contributed by atoms with Crippen LogP contribution in [-0.4, -0.2) is 29.2 Å². The second kappa shape index (κ2) is 7.74. The van der Waals surface area contributed by atoms with Gasteiger partial charge in [0.1, 0.15) is 17.7 Å². The van der Waals surface area contributed by atoms with Crippen molar-refractivity contribution in [2.45, 2.75) is 13.0 Å². The molecule has 2 aromatic heterocycles. The third-order valence-corrected chi connectivity index (χ3v) is 5.93. The number of aromatic nitrogens is 2. The molecule has 0 saturated carbocycles. The van der Waals surface area contributed by atoms with Crippen LogP contribution in [0.15, 0.2) is 60.9 Å². The molecule has 4 aromatic rings. The average molecular weight is 439 g/mol. The molecule has 0 bridgehead atoms. The van der Waals surface area contributed by atoms with Gasteiger partial charge >= 0.3 is 0 Å². The van der Waals surface area contributed by atoms with Crippen LogP contribution in [0.5, 0.6) is 5.75 Å². The van der Waals surface area contributed by atoms with Crippen LogP contribution in [0, 0.1) is 6.92 Å². The molecule has 0 aliphatic carbocycles. The van der Waals surface area contributed by atoms with Crippen molar-refractivity contribution in [3.63, 3.8) is 0 Å². The summed E-state index contributed by atoms with van der Waals surface area (Å²) in [4.78, 5) is 10.0. The minimum atomic E-state index is 0.157. The molecule has 0 spiro atoms. The number of halogens is 2. The third-order valence-electron chi connectivity index (χ3n) is 5.36. The van der Waals surface area contributed by atoms with Gasteiger partial charge in [0.2, 0.25) is 0 Å². The van der Waals surface area contributed by atoms with Crippen molar-refractivity contribution in [3.05, 3.63) is 76.5 Å². The number of anilines is 3. The zero-order chi connectivity index (χ0) is 20.7. The molecule has 1 aliphatic rings. The average Bonchev–Trinajstić information content (AvgIpc) is 3.17. The monoisotopic (exact) mass is 438 g/mol. The second-order valence-corrected chi connectivity index (χ2v) is 8.27. The summed E-state index contributed by atoms with van der Waals surface area (Å²) in [5, 5.41) is 5.83. The van der Waals surface area contributed by atoms with Gasteiger partial charge in [0.25, 0.3) is 0 Å². The Labute approximate surface area is 184 Å². The van der Waals surface area contributed by atoms with Crippen molar-refractivity contribution in [2.24, 2.45) is 0 Å². The van der Waals surface area contributed by atoms with Crippen LogP contribution in [0.2, 0.25) is 10.0 Å². The van der Waals surface area contributed by atoms with E-state index in [1.807, 2.05) is 60.9 Å². The molecule has 0 amide bonds. The number of hydrogen-bond acceptors (Lipinski definition) is 4. The summed E-state index contributed by atoms with van der Waals surface area (Å²) in [6, 6.07) is 15.5. The maximum Gasteiger partial charge on any atom is 0.135 e. The van der Waals surface area contributed by atoms with E-state index < -0.39 is 0 Å². The summed E-state index contributed by atoms with van der Waals surface area (Å²) in [6.45, 7) is 3.73. The van der Waals surface area contributed by atoms with Crippen LogP contribution in [0.3, 0.4) is 0 Å². The molecule has 1 aliphatic heterocycles. The maximum atomic E-state index is 6.40. The standard InChI is InChI=1S/C23H20Cl2N4O/c1-14-22(29-12-18(13-29)30-17-4-2-15(24)3-5-17)7-9-27-23(14)28-16-10-20(25)19-6-8-26-21(19)11-16/h2-11,18,26H,12-13H2,1H3,(H,27,28). The van der Waals surface area contributed by atoms with E-state index in [0.717, 1.165) is 52.5 Å². The van der Waals surface area contributed by atoms with Gasteiger partial charge in [-0.25, -0.2) is 4.98 Å². The molecule has 7 heteroatoms. The summed E-state index contributed by atoms with van der Waals surface area (Å²) in [5.74, 6) is 1.66. The maximum absolute atomic E-state index is 6.40. The van der Waals surface area contributed by atoms with Crippen molar-refractivity contribution in [1.29, 1.82) is 0 Å². The SMILES string of the molecule is Cc1c(N2CC(Oc3ccc(Cl)cc3)C2)ccnc1Nc1cc(Cl)c2cc[nH]c2c1. The van der Waals surface area contributed by atoms with Gasteiger partial charge in [-0.2, -0.15) is 0 Å². The Morgan fingerprint density at radius 1 is 1.10 bits per heavy atom. The number of nitrogens with zero attached hydrogens (tertiary/aromatic N) is 2. The number of ether oxygens (including phenoxy) is 1. The van der Waals surface area contributed by atoms with E-state index in [9.17, 15) is 0 Å². The molecule has 152 valence electrons. The molecule has 3 heterocycles. The highest BCUT2D eigenvalue weighted by Crippen LogP contribution is 2.33. The number of fused-ring (bicyclic) bond motifs is 1. The summed E-state index contributed by atoms with van der Waals surface area (Å²) < 4.78 is 6.02. The highest BCUT2D eigenvalue weighted by atomic mass is 35.5. The van der Waals surface area contributed by atoms with Gasteiger partial charge in [0, 0.05) is 45.3 Å². The highest BCUT2D eigenvalue weighted by Gasteiger charge is 2.30. The first-order valence-corrected chi connectivity index (χ1v) is 10.5. The lowest BCUT2D eigenvalue weighted by Crippen LogP contribution is -2.54. The largest absolute Gasteiger partial charge is 0.487 e. The highest BCUT2D eigenvalue weighted by molar-refractivity contribution is 6.35. The normalized spacial score (nSPS) is 14.0. The van der Waals surface area contributed by atoms with E-state index in [-0.39, 0.29) is 6.10 Å². The number of hydrogen-bond donors (Lipinski definition) is 2. The van der Waals surface area contributed by atoms with Crippen LogP contribution in [0.25, 0.3) is 10.9 Å². The molecule has 2 aromatic carbocycles. The lowest BCUT2D eigenvalue weighted by atomic mass is 10.1. The van der Waals surface area contributed by atoms with E-state index in [1.165, 1.54) is 0 Å². The van der Waals surface area contributed by atoms with E-state index >= 15 is 0 Å². The van der Waals surface area contributed by atoms with Crippen molar-refractivity contribution >= 4 is 51.3 Å². The minimum absolute atomic E-state index is 0.157. The first-order chi connectivity index (χ1) is 14.6. The summed E-state index contributed by atoms with van der Waals surface area (Å²) in [7, 11) is 0. The minimum Gasteiger partial charge on any atom is -0.487 e. The van der Waals surface area contributed by atoms with Gasteiger partial charge in [-0.3, -0.25) is 0 Å². The van der Waals surface area contributed by atoms with Crippen molar-refractivity contribution in [1.82, 2.24) is 9.97 Å². The quantitative estimate of drug-likeness (QED) is 0.389. The molecule has 0 radical (unpaired) electrons. The molecule has 5 rings (SSSR count). The number of rotatable bonds is 5. The Balaban J connectivity index is 1.29. The fourth-order valence-electron chi connectivity index (χ4n) is 3.74. The lowest BCUT2D eigenvalue weighted by molar-refractivity contribution is 0.167. The fourth-order valence-corrected chi connectivity index (χ4v) is 4.15. The van der Waals surface area contributed by atoms with E-state index in [4.69, 9.17) is 27.9 Å². The van der Waals surface area contributed by atoms with Gasteiger partial charge in [-0.05, 0) is 55.5 Å². The number of pyridine rings is 1. The topological polar surface area (TPSA) is 53.2 Å². The summed E-state index contributed by atoms with van der Waals surface area (Å²) >= 11 is 12.3. The third kappa shape index (κ3) is 3.66. The van der Waals surface area contributed by atoms with Gasteiger partial charge in [0.05, 0.1) is 18.1 Å². The van der Waals surface area contributed by atoms with Crippen molar-refractivity contribution in [2.75, 3.05) is 23.3 Å². The van der Waals surface area contributed by atoms with Crippen LogP contribution >= 0.6 is 23.2 Å². The summed E-state index contributed by atoms with van der Waals surface area (Å²) in [5.41, 5.74) is 4.12. The predicted octanol–water partition coefficient (Wildman–Crippen LogP) is 6.19. The van der Waals surface area contributed by atoms with Crippen LogP contribution in [-0.2, 0) is 0 Å². The molecule has 5 nitrogen and oxygen atoms in total. The zero-order valence-corrected chi connectivity index (χ0v) is 17.8. The number of aromatic amines is 1. The van der Waals surface area contributed by atoms with Crippen molar-refractivity contribution < 1.29 is 4.74 Å². The Morgan fingerprint density at radius 3 is 2.70 bits per heavy atom. The molecular formula is C23H20Cl2N4O. The number of H-pyrrole nitrogens is 1. The Kier molecular flexibility index (Phi) is 4.93. The van der Waals surface area contributed by atoms with Gasteiger partial charge in [-0.15, -0.1) is 0 Å². The Bertz CT molecular complexity index is 1200. The first-order valence-electron chi connectivity index (χ1n) is 9.73. The van der Waals surface area contributed by atoms with Gasteiger partial charge < -0.3 is 19.9 Å². The molecule has 1 saturated heterocycles. The molecule has 1 fully saturated rings. The van der Waals surface area contributed by atoms with Gasteiger partial charge in [-0.1, -0.05) is 23.2 Å². The van der Waals surface area contributed by atoms with Crippen LogP contribution in [0.4, 0.5) is 17.2 Å².